The van der Waals surface area contributed by atoms with Gasteiger partial charge in [-0.3, -0.25) is 0 Å². The Hall–Kier alpha value is -0.330. The molecule has 0 fully saturated rings. The third-order valence-electron chi connectivity index (χ3n) is 1.58. The zero-order valence-corrected chi connectivity index (χ0v) is 8.45. The predicted octanol–water partition coefficient (Wildman–Crippen LogP) is 0.763. The van der Waals surface area contributed by atoms with Crippen molar-refractivity contribution in [2.75, 3.05) is 33.4 Å². The monoisotopic (exact) mass is 214 g/mol. The summed E-state index contributed by atoms with van der Waals surface area (Å²) < 4.78 is 40.0. The smallest absolute Gasteiger partial charge is 0.383 e. The molecule has 1 atom stereocenters. The maximum atomic E-state index is 11.8. The second-order valence-corrected chi connectivity index (χ2v) is 3.09. The number of hydrogen-bond acceptors (Lipinski definition) is 3. The Morgan fingerprint density at radius 3 is 2.50 bits per heavy atom. The first-order chi connectivity index (χ1) is 6.45. The largest absolute Gasteiger partial charge is 0.401 e. The van der Waals surface area contributed by atoms with Crippen LogP contribution in [-0.4, -0.2) is 45.6 Å². The Labute approximate surface area is 82.0 Å². The molecule has 1 unspecified atom stereocenters. The third kappa shape index (κ3) is 9.76. The molecule has 0 rings (SSSR count). The molecule has 0 aliphatic carbocycles. The van der Waals surface area contributed by atoms with Gasteiger partial charge in [-0.1, -0.05) is 0 Å². The molecule has 86 valence electrons. The van der Waals surface area contributed by atoms with Gasteiger partial charge >= 0.3 is 6.18 Å². The Kier molecular flexibility index (Phi) is 6.86. The molecule has 0 saturated heterocycles. The molecule has 0 aliphatic heterocycles. The van der Waals surface area contributed by atoms with E-state index >= 15 is 0 Å². The number of ether oxygens (including phenoxy) is 1. The van der Waals surface area contributed by atoms with Gasteiger partial charge in [-0.25, -0.2) is 0 Å². The van der Waals surface area contributed by atoms with Crippen molar-refractivity contribution in [2.24, 2.45) is 0 Å². The maximum absolute atomic E-state index is 11.8. The third-order valence-corrected chi connectivity index (χ3v) is 1.58. The van der Waals surface area contributed by atoms with Crippen LogP contribution in [0.15, 0.2) is 0 Å². The zero-order chi connectivity index (χ0) is 11.0. The molecule has 0 aliphatic rings. The lowest BCUT2D eigenvalue weighted by Gasteiger charge is -2.15. The summed E-state index contributed by atoms with van der Waals surface area (Å²) >= 11 is 0. The molecule has 0 saturated carbocycles. The summed E-state index contributed by atoms with van der Waals surface area (Å²) in [6.45, 7) is 2.46. The topological polar surface area (TPSA) is 33.3 Å². The highest BCUT2D eigenvalue weighted by Crippen LogP contribution is 2.12. The van der Waals surface area contributed by atoms with Crippen LogP contribution < -0.4 is 10.6 Å². The summed E-state index contributed by atoms with van der Waals surface area (Å²) in [6, 6.07) is -0.200. The number of alkyl halides is 3. The normalized spacial score (nSPS) is 14.4. The first-order valence-corrected chi connectivity index (χ1v) is 4.45. The Morgan fingerprint density at radius 1 is 1.36 bits per heavy atom. The van der Waals surface area contributed by atoms with Crippen molar-refractivity contribution >= 4 is 0 Å². The van der Waals surface area contributed by atoms with Gasteiger partial charge in [0, 0.05) is 26.2 Å². The summed E-state index contributed by atoms with van der Waals surface area (Å²) in [5.41, 5.74) is 0. The molecule has 0 amide bonds. The van der Waals surface area contributed by atoms with Crippen LogP contribution in [-0.2, 0) is 4.74 Å². The van der Waals surface area contributed by atoms with Gasteiger partial charge in [0.25, 0.3) is 0 Å². The van der Waals surface area contributed by atoms with Crippen LogP contribution in [0, 0.1) is 0 Å². The van der Waals surface area contributed by atoms with Crippen molar-refractivity contribution in [3.05, 3.63) is 0 Å². The molecular weight excluding hydrogens is 197 g/mol. The number of rotatable bonds is 7. The fraction of sp³-hybridized carbons (Fsp3) is 1.00. The summed E-state index contributed by atoms with van der Waals surface area (Å²) in [4.78, 5) is 0. The van der Waals surface area contributed by atoms with Gasteiger partial charge in [0.05, 0.1) is 13.2 Å². The van der Waals surface area contributed by atoms with E-state index in [1.54, 1.807) is 14.0 Å². The highest BCUT2D eigenvalue weighted by atomic mass is 19.4. The lowest BCUT2D eigenvalue weighted by atomic mass is 10.3. The van der Waals surface area contributed by atoms with Gasteiger partial charge in [-0.2, -0.15) is 13.2 Å². The van der Waals surface area contributed by atoms with Crippen molar-refractivity contribution in [1.29, 1.82) is 0 Å². The lowest BCUT2D eigenvalue weighted by molar-refractivity contribution is -0.125. The van der Waals surface area contributed by atoms with E-state index in [0.717, 1.165) is 0 Å². The van der Waals surface area contributed by atoms with Crippen LogP contribution in [0.3, 0.4) is 0 Å². The van der Waals surface area contributed by atoms with Crippen LogP contribution in [0.2, 0.25) is 0 Å². The molecule has 2 N–H and O–H groups in total. The van der Waals surface area contributed by atoms with Crippen molar-refractivity contribution in [2.45, 2.75) is 19.1 Å². The van der Waals surface area contributed by atoms with E-state index in [9.17, 15) is 13.2 Å². The lowest BCUT2D eigenvalue weighted by Crippen LogP contribution is -2.41. The van der Waals surface area contributed by atoms with E-state index in [-0.39, 0.29) is 6.04 Å². The molecule has 0 spiro atoms. The van der Waals surface area contributed by atoms with Gasteiger partial charge in [0.2, 0.25) is 0 Å². The number of hydrogen-bond donors (Lipinski definition) is 2. The fourth-order valence-corrected chi connectivity index (χ4v) is 0.855. The summed E-state index contributed by atoms with van der Waals surface area (Å²) in [5.74, 6) is 0. The molecule has 14 heavy (non-hydrogen) atoms. The molecule has 0 radical (unpaired) electrons. The second kappa shape index (κ2) is 7.03. The van der Waals surface area contributed by atoms with E-state index < -0.39 is 12.7 Å². The van der Waals surface area contributed by atoms with Crippen LogP contribution in [0.1, 0.15) is 6.92 Å². The van der Waals surface area contributed by atoms with Gasteiger partial charge in [-0.05, 0) is 6.92 Å². The first kappa shape index (κ1) is 13.7. The highest BCUT2D eigenvalue weighted by Gasteiger charge is 2.26. The minimum Gasteiger partial charge on any atom is -0.383 e. The number of nitrogens with one attached hydrogen (secondary N) is 2. The SMILES string of the molecule is COCCNCC(C)NCC(F)(F)F. The Balaban J connectivity index is 3.32. The highest BCUT2D eigenvalue weighted by molar-refractivity contribution is 4.66. The van der Waals surface area contributed by atoms with E-state index in [1.165, 1.54) is 0 Å². The van der Waals surface area contributed by atoms with Crippen LogP contribution in [0.5, 0.6) is 0 Å². The van der Waals surface area contributed by atoms with Crippen LogP contribution in [0.4, 0.5) is 13.2 Å². The first-order valence-electron chi connectivity index (χ1n) is 4.45. The molecule has 3 nitrogen and oxygen atoms in total. The van der Waals surface area contributed by atoms with Gasteiger partial charge < -0.3 is 15.4 Å². The molecule has 0 bridgehead atoms. The van der Waals surface area contributed by atoms with Crippen LogP contribution >= 0.6 is 0 Å². The maximum Gasteiger partial charge on any atom is 0.401 e. The summed E-state index contributed by atoms with van der Waals surface area (Å²) in [6.07, 6.45) is -4.14. The molecular formula is C8H17F3N2O. The molecule has 6 heteroatoms. The average molecular weight is 214 g/mol. The summed E-state index contributed by atoms with van der Waals surface area (Å²) in [7, 11) is 1.58. The van der Waals surface area contributed by atoms with Gasteiger partial charge in [0.1, 0.15) is 0 Å². The second-order valence-electron chi connectivity index (χ2n) is 3.09. The minimum absolute atomic E-state index is 0.200. The minimum atomic E-state index is -4.14. The Morgan fingerprint density at radius 2 is 2.00 bits per heavy atom. The van der Waals surface area contributed by atoms with Crippen molar-refractivity contribution < 1.29 is 17.9 Å². The quantitative estimate of drug-likeness (QED) is 0.614. The van der Waals surface area contributed by atoms with E-state index in [2.05, 4.69) is 10.6 Å². The van der Waals surface area contributed by atoms with Crippen molar-refractivity contribution in [1.82, 2.24) is 10.6 Å². The number of methoxy groups -OCH3 is 1. The number of halogens is 3. The van der Waals surface area contributed by atoms with Crippen molar-refractivity contribution in [3.63, 3.8) is 0 Å². The molecule has 0 aromatic rings. The molecule has 0 aromatic heterocycles. The van der Waals surface area contributed by atoms with E-state index in [4.69, 9.17) is 4.74 Å². The van der Waals surface area contributed by atoms with Gasteiger partial charge in [0.15, 0.2) is 0 Å². The summed E-state index contributed by atoms with van der Waals surface area (Å²) in [5, 5.41) is 5.34. The molecule has 0 heterocycles. The van der Waals surface area contributed by atoms with Crippen LogP contribution in [0.25, 0.3) is 0 Å². The average Bonchev–Trinajstić information content (AvgIpc) is 2.08. The van der Waals surface area contributed by atoms with Gasteiger partial charge in [-0.15, -0.1) is 0 Å². The Bertz CT molecular complexity index is 141. The standard InChI is InChI=1S/C8H17F3N2O/c1-7(5-12-3-4-14-2)13-6-8(9,10)11/h7,12-13H,3-6H2,1-2H3. The van der Waals surface area contributed by atoms with E-state index in [1.807, 2.05) is 0 Å². The fourth-order valence-electron chi connectivity index (χ4n) is 0.855. The molecule has 0 aromatic carbocycles. The zero-order valence-electron chi connectivity index (χ0n) is 8.45. The predicted molar refractivity (Wildman–Crippen MR) is 48.3 cm³/mol. The van der Waals surface area contributed by atoms with Crippen molar-refractivity contribution in [3.8, 4) is 0 Å². The van der Waals surface area contributed by atoms with E-state index in [0.29, 0.717) is 19.7 Å².